The Morgan fingerprint density at radius 1 is 1.67 bits per heavy atom. The maximum absolute atomic E-state index is 11.1. The summed E-state index contributed by atoms with van der Waals surface area (Å²) in [6.45, 7) is 0.626. The van der Waals surface area contributed by atoms with E-state index in [0.29, 0.717) is 6.54 Å². The highest BCUT2D eigenvalue weighted by Crippen LogP contribution is 2.08. The Bertz CT molecular complexity index is 475. The first-order valence-electron chi connectivity index (χ1n) is 4.66. The number of nitrogens with zero attached hydrogens (tertiary/aromatic N) is 2. The van der Waals surface area contributed by atoms with Crippen LogP contribution in [0.4, 0.5) is 0 Å². The van der Waals surface area contributed by atoms with E-state index in [1.54, 1.807) is 18.6 Å². The number of rotatable bonds is 3. The molecule has 0 fully saturated rings. The molecule has 0 amide bonds. The van der Waals surface area contributed by atoms with Gasteiger partial charge in [-0.2, -0.15) is 0 Å². The maximum Gasteiger partial charge on any atom is 0.173 e. The molecule has 6 heteroatoms. The molecule has 1 aromatic rings. The van der Waals surface area contributed by atoms with Crippen LogP contribution in [0.1, 0.15) is 5.69 Å². The summed E-state index contributed by atoms with van der Waals surface area (Å²) in [6, 6.07) is -0.0788. The third kappa shape index (κ3) is 2.45. The monoisotopic (exact) mass is 227 g/mol. The van der Waals surface area contributed by atoms with E-state index in [2.05, 4.69) is 10.3 Å². The van der Waals surface area contributed by atoms with Gasteiger partial charge >= 0.3 is 0 Å². The standard InChI is InChI=1S/C9H13N3O2S/c1-12-7-10-4-9(12)5-11-8-2-3-15(13,14)6-8/h2-4,7-8,11H,5-6H2,1H3. The van der Waals surface area contributed by atoms with E-state index >= 15 is 0 Å². The molecule has 0 saturated heterocycles. The third-order valence-corrected chi connectivity index (χ3v) is 3.79. The second-order valence-corrected chi connectivity index (χ2v) is 5.57. The van der Waals surface area contributed by atoms with Gasteiger partial charge in [0.1, 0.15) is 0 Å². The first-order chi connectivity index (χ1) is 7.07. The number of imidazole rings is 1. The van der Waals surface area contributed by atoms with E-state index in [1.165, 1.54) is 5.41 Å². The van der Waals surface area contributed by atoms with Crippen molar-refractivity contribution in [3.8, 4) is 0 Å². The van der Waals surface area contributed by atoms with Crippen molar-refractivity contribution < 1.29 is 8.42 Å². The Morgan fingerprint density at radius 2 is 2.47 bits per heavy atom. The van der Waals surface area contributed by atoms with E-state index in [4.69, 9.17) is 0 Å². The van der Waals surface area contributed by atoms with Crippen molar-refractivity contribution in [2.24, 2.45) is 7.05 Å². The molecule has 0 radical (unpaired) electrons. The van der Waals surface area contributed by atoms with Crippen molar-refractivity contribution in [2.75, 3.05) is 5.75 Å². The van der Waals surface area contributed by atoms with Gasteiger partial charge < -0.3 is 9.88 Å². The average Bonchev–Trinajstić information content (AvgIpc) is 2.69. The maximum atomic E-state index is 11.1. The van der Waals surface area contributed by atoms with E-state index in [9.17, 15) is 8.42 Å². The van der Waals surface area contributed by atoms with Crippen LogP contribution in [0, 0.1) is 0 Å². The average molecular weight is 227 g/mol. The fourth-order valence-corrected chi connectivity index (χ4v) is 2.76. The highest BCUT2D eigenvalue weighted by atomic mass is 32.2. The summed E-state index contributed by atoms with van der Waals surface area (Å²) >= 11 is 0. The van der Waals surface area contributed by atoms with Crippen LogP contribution in [0.5, 0.6) is 0 Å². The number of hydrogen-bond donors (Lipinski definition) is 1. The number of aromatic nitrogens is 2. The Labute approximate surface area is 88.7 Å². The number of nitrogens with one attached hydrogen (secondary N) is 1. The highest BCUT2D eigenvalue weighted by Gasteiger charge is 2.20. The molecule has 1 unspecified atom stereocenters. The van der Waals surface area contributed by atoms with Crippen molar-refractivity contribution in [1.29, 1.82) is 0 Å². The molecule has 1 aliphatic heterocycles. The first kappa shape index (κ1) is 10.4. The van der Waals surface area contributed by atoms with Gasteiger partial charge in [0.15, 0.2) is 9.84 Å². The van der Waals surface area contributed by atoms with Crippen molar-refractivity contribution >= 4 is 9.84 Å². The molecule has 1 aliphatic rings. The molecule has 5 nitrogen and oxygen atoms in total. The predicted molar refractivity (Wildman–Crippen MR) is 56.8 cm³/mol. The molecular weight excluding hydrogens is 214 g/mol. The van der Waals surface area contributed by atoms with Crippen LogP contribution >= 0.6 is 0 Å². The van der Waals surface area contributed by atoms with E-state index < -0.39 is 9.84 Å². The van der Waals surface area contributed by atoms with Crippen molar-refractivity contribution in [3.05, 3.63) is 29.7 Å². The van der Waals surface area contributed by atoms with Crippen molar-refractivity contribution in [3.63, 3.8) is 0 Å². The molecular formula is C9H13N3O2S. The Morgan fingerprint density at radius 3 is 3.00 bits per heavy atom. The largest absolute Gasteiger partial charge is 0.337 e. The van der Waals surface area contributed by atoms with Crippen LogP contribution in [-0.4, -0.2) is 29.8 Å². The molecule has 0 saturated carbocycles. The summed E-state index contributed by atoms with van der Waals surface area (Å²) in [5.41, 5.74) is 1.03. The number of sulfone groups is 1. The zero-order chi connectivity index (χ0) is 10.9. The smallest absolute Gasteiger partial charge is 0.173 e. The second kappa shape index (κ2) is 3.79. The number of hydrogen-bond acceptors (Lipinski definition) is 4. The summed E-state index contributed by atoms with van der Waals surface area (Å²) in [6.07, 6.45) is 5.17. The molecule has 0 bridgehead atoms. The van der Waals surface area contributed by atoms with E-state index in [0.717, 1.165) is 5.69 Å². The molecule has 1 aromatic heterocycles. The molecule has 2 heterocycles. The van der Waals surface area contributed by atoms with Gasteiger partial charge in [-0.3, -0.25) is 0 Å². The molecule has 0 aliphatic carbocycles. The molecule has 1 atom stereocenters. The Balaban J connectivity index is 1.91. The van der Waals surface area contributed by atoms with E-state index in [1.807, 2.05) is 11.6 Å². The quantitative estimate of drug-likeness (QED) is 0.778. The van der Waals surface area contributed by atoms with Gasteiger partial charge in [-0.25, -0.2) is 13.4 Å². The molecule has 2 rings (SSSR count). The highest BCUT2D eigenvalue weighted by molar-refractivity contribution is 7.94. The van der Waals surface area contributed by atoms with Crippen LogP contribution < -0.4 is 5.32 Å². The van der Waals surface area contributed by atoms with E-state index in [-0.39, 0.29) is 11.8 Å². The molecule has 0 aromatic carbocycles. The molecule has 1 N–H and O–H groups in total. The topological polar surface area (TPSA) is 64.0 Å². The van der Waals surface area contributed by atoms with Gasteiger partial charge in [-0.05, 0) is 0 Å². The minimum atomic E-state index is -2.96. The van der Waals surface area contributed by atoms with Gasteiger partial charge in [0.2, 0.25) is 0 Å². The minimum Gasteiger partial charge on any atom is -0.337 e. The summed E-state index contributed by atoms with van der Waals surface area (Å²) < 4.78 is 24.2. The molecule has 15 heavy (non-hydrogen) atoms. The summed E-state index contributed by atoms with van der Waals surface area (Å²) in [5.74, 6) is 0.158. The fraction of sp³-hybridized carbons (Fsp3) is 0.444. The van der Waals surface area contributed by atoms with Crippen molar-refractivity contribution in [2.45, 2.75) is 12.6 Å². The normalized spacial score (nSPS) is 23.4. The lowest BCUT2D eigenvalue weighted by molar-refractivity contribution is 0.584. The summed E-state index contributed by atoms with van der Waals surface area (Å²) in [4.78, 5) is 3.98. The van der Waals surface area contributed by atoms with Gasteiger partial charge in [0.05, 0.1) is 17.8 Å². The molecule has 82 valence electrons. The Hall–Kier alpha value is -1.14. The second-order valence-electron chi connectivity index (χ2n) is 3.64. The van der Waals surface area contributed by atoms with Gasteiger partial charge in [0, 0.05) is 31.2 Å². The van der Waals surface area contributed by atoms with Crippen LogP contribution in [0.15, 0.2) is 24.0 Å². The lowest BCUT2D eigenvalue weighted by Gasteiger charge is -2.09. The number of aryl methyl sites for hydroxylation is 1. The van der Waals surface area contributed by atoms with Gasteiger partial charge in [-0.15, -0.1) is 0 Å². The lowest BCUT2D eigenvalue weighted by Crippen LogP contribution is -2.30. The molecule has 0 spiro atoms. The van der Waals surface area contributed by atoms with Gasteiger partial charge in [0.25, 0.3) is 0 Å². The minimum absolute atomic E-state index is 0.0788. The van der Waals surface area contributed by atoms with Crippen LogP contribution in [0.25, 0.3) is 0 Å². The van der Waals surface area contributed by atoms with Gasteiger partial charge in [-0.1, -0.05) is 6.08 Å². The first-order valence-corrected chi connectivity index (χ1v) is 6.38. The van der Waals surface area contributed by atoms with Crippen LogP contribution in [0.2, 0.25) is 0 Å². The fourth-order valence-electron chi connectivity index (χ4n) is 1.49. The lowest BCUT2D eigenvalue weighted by atomic mass is 10.3. The van der Waals surface area contributed by atoms with Crippen LogP contribution in [0.3, 0.4) is 0 Å². The third-order valence-electron chi connectivity index (χ3n) is 2.39. The van der Waals surface area contributed by atoms with Crippen LogP contribution in [-0.2, 0) is 23.4 Å². The predicted octanol–water partition coefficient (Wildman–Crippen LogP) is -0.180. The zero-order valence-electron chi connectivity index (χ0n) is 8.42. The zero-order valence-corrected chi connectivity index (χ0v) is 9.24. The summed E-state index contributed by atoms with van der Waals surface area (Å²) in [7, 11) is -1.05. The Kier molecular flexibility index (Phi) is 2.62. The van der Waals surface area contributed by atoms with Crippen molar-refractivity contribution in [1.82, 2.24) is 14.9 Å². The summed E-state index contributed by atoms with van der Waals surface area (Å²) in [5, 5.41) is 4.43. The SMILES string of the molecule is Cn1cncc1CNC1C=CS(=O)(=O)C1.